The number of rotatable bonds is 4. The van der Waals surface area contributed by atoms with Gasteiger partial charge in [-0.2, -0.15) is 0 Å². The highest BCUT2D eigenvalue weighted by molar-refractivity contribution is 8.13. The van der Waals surface area contributed by atoms with Gasteiger partial charge in [0.05, 0.1) is 6.61 Å². The summed E-state index contributed by atoms with van der Waals surface area (Å²) in [6.07, 6.45) is 7.99. The first-order chi connectivity index (χ1) is 10.1. The summed E-state index contributed by atoms with van der Waals surface area (Å²) in [6.45, 7) is 1.40. The van der Waals surface area contributed by atoms with Crippen molar-refractivity contribution in [3.05, 3.63) is 0 Å². The zero-order valence-corrected chi connectivity index (χ0v) is 13.2. The van der Waals surface area contributed by atoms with Crippen LogP contribution >= 0.6 is 11.8 Å². The summed E-state index contributed by atoms with van der Waals surface area (Å²) in [5.41, 5.74) is 0.272. The zero-order valence-electron chi connectivity index (χ0n) is 12.4. The molecule has 5 aliphatic rings. The number of ether oxygens (including phenoxy) is 1. The van der Waals surface area contributed by atoms with Gasteiger partial charge < -0.3 is 9.64 Å². The summed E-state index contributed by atoms with van der Waals surface area (Å²) in [6, 6.07) is 0. The Kier molecular flexibility index (Phi) is 3.43. The van der Waals surface area contributed by atoms with E-state index in [2.05, 4.69) is 0 Å². The molecular formula is C16H23NO3S. The van der Waals surface area contributed by atoms with Gasteiger partial charge in [0, 0.05) is 17.7 Å². The molecular weight excluding hydrogens is 286 g/mol. The molecule has 4 bridgehead atoms. The first kappa shape index (κ1) is 13.9. The molecule has 0 spiro atoms. The van der Waals surface area contributed by atoms with Gasteiger partial charge in [-0.25, -0.2) is 0 Å². The molecule has 1 heterocycles. The molecule has 5 fully saturated rings. The maximum atomic E-state index is 12.0. The van der Waals surface area contributed by atoms with Gasteiger partial charge in [0.15, 0.2) is 0 Å². The van der Waals surface area contributed by atoms with Crippen molar-refractivity contribution in [1.29, 1.82) is 0 Å². The zero-order chi connectivity index (χ0) is 14.4. The van der Waals surface area contributed by atoms with E-state index in [0.29, 0.717) is 13.2 Å². The first-order valence-corrected chi connectivity index (χ1v) is 9.18. The van der Waals surface area contributed by atoms with E-state index < -0.39 is 0 Å². The van der Waals surface area contributed by atoms with Crippen LogP contribution in [0.25, 0.3) is 0 Å². The van der Waals surface area contributed by atoms with Crippen molar-refractivity contribution in [2.24, 2.45) is 23.2 Å². The summed E-state index contributed by atoms with van der Waals surface area (Å²) in [7, 11) is 0. The van der Waals surface area contributed by atoms with E-state index in [-0.39, 0.29) is 23.2 Å². The Balaban J connectivity index is 1.32. The minimum absolute atomic E-state index is 0.0155. The van der Waals surface area contributed by atoms with E-state index in [9.17, 15) is 9.59 Å². The van der Waals surface area contributed by atoms with E-state index in [1.165, 1.54) is 50.3 Å². The Labute approximate surface area is 130 Å². The number of amides is 1. The van der Waals surface area contributed by atoms with E-state index in [1.807, 2.05) is 0 Å². The molecule has 0 aromatic carbocycles. The predicted octanol–water partition coefficient (Wildman–Crippen LogP) is 2.91. The molecule has 0 aromatic rings. The van der Waals surface area contributed by atoms with Crippen molar-refractivity contribution in [1.82, 2.24) is 4.90 Å². The molecule has 4 saturated carbocycles. The summed E-state index contributed by atoms with van der Waals surface area (Å²) in [5, 5.41) is 0.0155. The fourth-order valence-corrected chi connectivity index (χ4v) is 6.30. The average Bonchev–Trinajstić information content (AvgIpc) is 2.81. The van der Waals surface area contributed by atoms with Gasteiger partial charge in [0.25, 0.3) is 5.24 Å². The van der Waals surface area contributed by atoms with E-state index in [0.717, 1.165) is 23.5 Å². The van der Waals surface area contributed by atoms with Crippen molar-refractivity contribution in [2.75, 3.05) is 25.4 Å². The van der Waals surface area contributed by atoms with Crippen LogP contribution in [-0.2, 0) is 9.53 Å². The van der Waals surface area contributed by atoms with Gasteiger partial charge in [0.1, 0.15) is 6.54 Å². The van der Waals surface area contributed by atoms with Crippen LogP contribution in [0.15, 0.2) is 0 Å². The van der Waals surface area contributed by atoms with Gasteiger partial charge in [-0.3, -0.25) is 9.59 Å². The third kappa shape index (κ3) is 2.69. The number of hydrogen-bond acceptors (Lipinski definition) is 4. The Morgan fingerprint density at radius 3 is 2.33 bits per heavy atom. The van der Waals surface area contributed by atoms with Crippen LogP contribution in [0.3, 0.4) is 0 Å². The van der Waals surface area contributed by atoms with Crippen molar-refractivity contribution in [3.63, 3.8) is 0 Å². The molecule has 0 atom stereocenters. The standard InChI is InChI=1S/C16H23NO3S/c18-14(9-17-1-2-21-15(17)19)20-10-16-6-11-3-12(7-16)5-13(4-11)8-16/h11-13H,1-10H2. The fraction of sp³-hybridized carbons (Fsp3) is 0.875. The Bertz CT molecular complexity index is 429. The Morgan fingerprint density at radius 2 is 1.81 bits per heavy atom. The normalized spacial score (nSPS) is 40.9. The molecule has 0 aromatic heterocycles. The molecule has 0 N–H and O–H groups in total. The molecule has 0 unspecified atom stereocenters. The van der Waals surface area contributed by atoms with Crippen LogP contribution in [0, 0.1) is 23.2 Å². The largest absolute Gasteiger partial charge is 0.464 e. The van der Waals surface area contributed by atoms with Crippen LogP contribution in [0.2, 0.25) is 0 Å². The minimum Gasteiger partial charge on any atom is -0.464 e. The van der Waals surface area contributed by atoms with E-state index in [1.54, 1.807) is 4.90 Å². The lowest BCUT2D eigenvalue weighted by atomic mass is 9.50. The average molecular weight is 309 g/mol. The third-order valence-electron chi connectivity index (χ3n) is 5.87. The molecule has 1 amide bonds. The van der Waals surface area contributed by atoms with Gasteiger partial charge in [-0.15, -0.1) is 0 Å². The topological polar surface area (TPSA) is 46.6 Å². The second kappa shape index (κ2) is 5.18. The van der Waals surface area contributed by atoms with Crippen molar-refractivity contribution in [2.45, 2.75) is 38.5 Å². The highest BCUT2D eigenvalue weighted by atomic mass is 32.2. The minimum atomic E-state index is -0.221. The van der Waals surface area contributed by atoms with Crippen LogP contribution in [-0.4, -0.2) is 41.6 Å². The van der Waals surface area contributed by atoms with Crippen LogP contribution < -0.4 is 0 Å². The lowest BCUT2D eigenvalue weighted by molar-refractivity contribution is -0.155. The smallest absolute Gasteiger partial charge is 0.325 e. The molecule has 1 saturated heterocycles. The van der Waals surface area contributed by atoms with Gasteiger partial charge in [-0.1, -0.05) is 11.8 Å². The highest BCUT2D eigenvalue weighted by Gasteiger charge is 2.51. The molecule has 4 nitrogen and oxygen atoms in total. The fourth-order valence-electron chi connectivity index (χ4n) is 5.47. The Morgan fingerprint density at radius 1 is 1.19 bits per heavy atom. The van der Waals surface area contributed by atoms with Crippen molar-refractivity contribution < 1.29 is 14.3 Å². The lowest BCUT2D eigenvalue weighted by Gasteiger charge is -2.56. The summed E-state index contributed by atoms with van der Waals surface area (Å²) < 4.78 is 5.60. The maximum Gasteiger partial charge on any atom is 0.325 e. The number of thioether (sulfide) groups is 1. The highest BCUT2D eigenvalue weighted by Crippen LogP contribution is 2.60. The third-order valence-corrected chi connectivity index (χ3v) is 6.76. The summed E-state index contributed by atoms with van der Waals surface area (Å²) in [5.74, 6) is 3.22. The number of nitrogens with zero attached hydrogens (tertiary/aromatic N) is 1. The van der Waals surface area contributed by atoms with Gasteiger partial charge >= 0.3 is 5.97 Å². The monoisotopic (exact) mass is 309 g/mol. The number of carbonyl (C=O) groups excluding carboxylic acids is 2. The SMILES string of the molecule is O=C(CN1CCSC1=O)OCC12CC3CC(CC(C3)C1)C2. The van der Waals surface area contributed by atoms with E-state index >= 15 is 0 Å². The molecule has 5 heteroatoms. The molecule has 116 valence electrons. The van der Waals surface area contributed by atoms with Gasteiger partial charge in [-0.05, 0) is 56.3 Å². The number of esters is 1. The maximum absolute atomic E-state index is 12.0. The van der Waals surface area contributed by atoms with Crippen LogP contribution in [0.1, 0.15) is 38.5 Å². The quantitative estimate of drug-likeness (QED) is 0.749. The van der Waals surface area contributed by atoms with Gasteiger partial charge in [0.2, 0.25) is 0 Å². The van der Waals surface area contributed by atoms with E-state index in [4.69, 9.17) is 4.74 Å². The van der Waals surface area contributed by atoms with Crippen molar-refractivity contribution in [3.8, 4) is 0 Å². The summed E-state index contributed by atoms with van der Waals surface area (Å²) in [4.78, 5) is 25.1. The number of hydrogen-bond donors (Lipinski definition) is 0. The molecule has 4 aliphatic carbocycles. The Hall–Kier alpha value is -0.710. The molecule has 21 heavy (non-hydrogen) atoms. The van der Waals surface area contributed by atoms with Crippen LogP contribution in [0.5, 0.6) is 0 Å². The number of carbonyl (C=O) groups is 2. The first-order valence-electron chi connectivity index (χ1n) is 8.19. The molecule has 0 radical (unpaired) electrons. The summed E-state index contributed by atoms with van der Waals surface area (Å²) >= 11 is 1.29. The lowest BCUT2D eigenvalue weighted by Crippen LogP contribution is -2.48. The van der Waals surface area contributed by atoms with Crippen LogP contribution in [0.4, 0.5) is 4.79 Å². The second-order valence-electron chi connectivity index (χ2n) is 7.61. The predicted molar refractivity (Wildman–Crippen MR) is 81.0 cm³/mol. The second-order valence-corrected chi connectivity index (χ2v) is 8.66. The van der Waals surface area contributed by atoms with Crippen molar-refractivity contribution >= 4 is 23.0 Å². The molecule has 5 rings (SSSR count). The molecule has 1 aliphatic heterocycles.